The largest absolute Gasteiger partial charge is 0.481 e. The van der Waals surface area contributed by atoms with Crippen molar-refractivity contribution >= 4 is 17.6 Å². The highest BCUT2D eigenvalue weighted by Gasteiger charge is 2.36. The molecule has 0 aromatic heterocycles. The van der Waals surface area contributed by atoms with Crippen LogP contribution in [-0.2, 0) is 4.79 Å². The van der Waals surface area contributed by atoms with Crippen molar-refractivity contribution in [2.75, 3.05) is 25.5 Å². The SMILES string of the molecule is C[C@@H]1[C@H](C(=O)O)CCCN1C(=O)c1ccc(N(C)C)cc1F. The Morgan fingerprint density at radius 1 is 1.36 bits per heavy atom. The number of carbonyl (C=O) groups excluding carboxylic acids is 1. The van der Waals surface area contributed by atoms with Crippen molar-refractivity contribution in [1.82, 2.24) is 4.90 Å². The Hall–Kier alpha value is -2.11. The van der Waals surface area contributed by atoms with Crippen molar-refractivity contribution in [2.45, 2.75) is 25.8 Å². The molecule has 2 atom stereocenters. The number of halogens is 1. The van der Waals surface area contributed by atoms with Crippen LogP contribution < -0.4 is 4.90 Å². The van der Waals surface area contributed by atoms with Gasteiger partial charge in [0, 0.05) is 32.4 Å². The number of benzene rings is 1. The van der Waals surface area contributed by atoms with E-state index >= 15 is 0 Å². The van der Waals surface area contributed by atoms with E-state index in [9.17, 15) is 19.1 Å². The smallest absolute Gasteiger partial charge is 0.308 e. The molecule has 1 amide bonds. The van der Waals surface area contributed by atoms with Crippen LogP contribution in [0.1, 0.15) is 30.1 Å². The van der Waals surface area contributed by atoms with E-state index in [0.29, 0.717) is 25.1 Å². The van der Waals surface area contributed by atoms with E-state index in [1.54, 1.807) is 32.0 Å². The van der Waals surface area contributed by atoms with Gasteiger partial charge in [0.25, 0.3) is 5.91 Å². The lowest BCUT2D eigenvalue weighted by atomic mass is 9.90. The Labute approximate surface area is 129 Å². The first-order valence-electron chi connectivity index (χ1n) is 7.33. The molecular weight excluding hydrogens is 287 g/mol. The number of carboxylic acid groups (broad SMARTS) is 1. The molecule has 1 N–H and O–H groups in total. The standard InChI is InChI=1S/C16H21FN2O3/c1-10-12(16(21)22)5-4-8-19(10)15(20)13-7-6-11(18(2)3)9-14(13)17/h6-7,9-10,12H,4-5,8H2,1-3H3,(H,21,22)/t10-,12-/m1/s1. The van der Waals surface area contributed by atoms with Crippen LogP contribution in [0.5, 0.6) is 0 Å². The molecule has 1 fully saturated rings. The predicted octanol–water partition coefficient (Wildman–Crippen LogP) is 2.22. The molecule has 0 bridgehead atoms. The summed E-state index contributed by atoms with van der Waals surface area (Å²) in [4.78, 5) is 27.0. The maximum Gasteiger partial charge on any atom is 0.308 e. The third kappa shape index (κ3) is 3.05. The van der Waals surface area contributed by atoms with Crippen molar-refractivity contribution in [2.24, 2.45) is 5.92 Å². The molecule has 22 heavy (non-hydrogen) atoms. The van der Waals surface area contributed by atoms with Gasteiger partial charge < -0.3 is 14.9 Å². The topological polar surface area (TPSA) is 60.9 Å². The molecule has 0 aliphatic carbocycles. The van der Waals surface area contributed by atoms with Crippen LogP contribution >= 0.6 is 0 Å². The molecule has 6 heteroatoms. The highest BCUT2D eigenvalue weighted by molar-refractivity contribution is 5.95. The summed E-state index contributed by atoms with van der Waals surface area (Å²) in [6.07, 6.45) is 1.16. The van der Waals surface area contributed by atoms with Crippen LogP contribution in [0.25, 0.3) is 0 Å². The lowest BCUT2D eigenvalue weighted by Crippen LogP contribution is -2.49. The summed E-state index contributed by atoms with van der Waals surface area (Å²) < 4.78 is 14.2. The molecule has 0 spiro atoms. The maximum atomic E-state index is 14.2. The molecule has 1 saturated heterocycles. The van der Waals surface area contributed by atoms with E-state index in [1.165, 1.54) is 17.0 Å². The zero-order valence-electron chi connectivity index (χ0n) is 13.0. The van der Waals surface area contributed by atoms with E-state index in [4.69, 9.17) is 0 Å². The van der Waals surface area contributed by atoms with Crippen molar-refractivity contribution in [3.63, 3.8) is 0 Å². The third-order valence-corrected chi connectivity index (χ3v) is 4.27. The molecule has 0 unspecified atom stereocenters. The number of amides is 1. The highest BCUT2D eigenvalue weighted by atomic mass is 19.1. The summed E-state index contributed by atoms with van der Waals surface area (Å²) in [5, 5.41) is 9.21. The number of rotatable bonds is 3. The predicted molar refractivity (Wildman–Crippen MR) is 81.6 cm³/mol. The fourth-order valence-electron chi connectivity index (χ4n) is 2.87. The molecular formula is C16H21FN2O3. The normalized spacial score (nSPS) is 21.5. The zero-order chi connectivity index (χ0) is 16.4. The van der Waals surface area contributed by atoms with E-state index in [0.717, 1.165) is 0 Å². The fraction of sp³-hybridized carbons (Fsp3) is 0.500. The van der Waals surface area contributed by atoms with Gasteiger partial charge in [-0.1, -0.05) is 0 Å². The van der Waals surface area contributed by atoms with Gasteiger partial charge in [-0.05, 0) is 38.0 Å². The molecule has 0 saturated carbocycles. The number of hydrogen-bond acceptors (Lipinski definition) is 3. The van der Waals surface area contributed by atoms with E-state index in [2.05, 4.69) is 0 Å². The summed E-state index contributed by atoms with van der Waals surface area (Å²) in [5.41, 5.74) is 0.660. The Morgan fingerprint density at radius 2 is 2.05 bits per heavy atom. The molecule has 1 aromatic rings. The quantitative estimate of drug-likeness (QED) is 0.930. The number of anilines is 1. The molecule has 1 aliphatic heterocycles. The summed E-state index contributed by atoms with van der Waals surface area (Å²) in [7, 11) is 3.58. The van der Waals surface area contributed by atoms with E-state index in [1.807, 2.05) is 0 Å². The molecule has 1 aliphatic rings. The van der Waals surface area contributed by atoms with Crippen molar-refractivity contribution < 1.29 is 19.1 Å². The minimum Gasteiger partial charge on any atom is -0.481 e. The second-order valence-corrected chi connectivity index (χ2v) is 5.88. The van der Waals surface area contributed by atoms with Gasteiger partial charge in [-0.25, -0.2) is 4.39 Å². The number of carbonyl (C=O) groups is 2. The lowest BCUT2D eigenvalue weighted by molar-refractivity contribution is -0.144. The first-order chi connectivity index (χ1) is 10.3. The molecule has 1 aromatic carbocycles. The monoisotopic (exact) mass is 308 g/mol. The first-order valence-corrected chi connectivity index (χ1v) is 7.33. The summed E-state index contributed by atoms with van der Waals surface area (Å²) in [6, 6.07) is 4.02. The lowest BCUT2D eigenvalue weighted by Gasteiger charge is -2.37. The minimum absolute atomic E-state index is 0.0107. The van der Waals surface area contributed by atoms with Crippen molar-refractivity contribution in [3.8, 4) is 0 Å². The van der Waals surface area contributed by atoms with Crippen molar-refractivity contribution in [1.29, 1.82) is 0 Å². The van der Waals surface area contributed by atoms with Crippen LogP contribution in [0.4, 0.5) is 10.1 Å². The average Bonchev–Trinajstić information content (AvgIpc) is 2.46. The Morgan fingerprint density at radius 3 is 2.59 bits per heavy atom. The second kappa shape index (κ2) is 6.34. The number of aliphatic carboxylic acids is 1. The van der Waals surface area contributed by atoms with Crippen LogP contribution in [0.3, 0.4) is 0 Å². The Bertz CT molecular complexity index is 589. The Balaban J connectivity index is 2.26. The van der Waals surface area contributed by atoms with Gasteiger partial charge in [0.2, 0.25) is 0 Å². The molecule has 1 heterocycles. The number of likely N-dealkylation sites (tertiary alicyclic amines) is 1. The van der Waals surface area contributed by atoms with Crippen LogP contribution in [0, 0.1) is 11.7 Å². The number of piperidine rings is 1. The van der Waals surface area contributed by atoms with Crippen LogP contribution in [-0.4, -0.2) is 48.6 Å². The molecule has 120 valence electrons. The number of carboxylic acids is 1. The summed E-state index contributed by atoms with van der Waals surface area (Å²) in [5.74, 6) is -2.53. The van der Waals surface area contributed by atoms with Gasteiger partial charge in [-0.3, -0.25) is 9.59 Å². The third-order valence-electron chi connectivity index (χ3n) is 4.27. The fourth-order valence-corrected chi connectivity index (χ4v) is 2.87. The van der Waals surface area contributed by atoms with Crippen LogP contribution in [0.2, 0.25) is 0 Å². The maximum absolute atomic E-state index is 14.2. The van der Waals surface area contributed by atoms with E-state index in [-0.39, 0.29) is 5.56 Å². The summed E-state index contributed by atoms with van der Waals surface area (Å²) in [6.45, 7) is 2.17. The van der Waals surface area contributed by atoms with Gasteiger partial charge in [0.1, 0.15) is 5.82 Å². The molecule has 0 radical (unpaired) electrons. The zero-order valence-corrected chi connectivity index (χ0v) is 13.0. The van der Waals surface area contributed by atoms with Crippen molar-refractivity contribution in [3.05, 3.63) is 29.6 Å². The van der Waals surface area contributed by atoms with Gasteiger partial charge in [-0.2, -0.15) is 0 Å². The second-order valence-electron chi connectivity index (χ2n) is 5.88. The van der Waals surface area contributed by atoms with E-state index < -0.39 is 29.7 Å². The number of hydrogen-bond donors (Lipinski definition) is 1. The minimum atomic E-state index is -0.909. The average molecular weight is 308 g/mol. The van der Waals surface area contributed by atoms with Gasteiger partial charge in [0.05, 0.1) is 11.5 Å². The summed E-state index contributed by atoms with van der Waals surface area (Å²) >= 11 is 0. The van der Waals surface area contributed by atoms with Crippen LogP contribution in [0.15, 0.2) is 18.2 Å². The van der Waals surface area contributed by atoms with Gasteiger partial charge in [0.15, 0.2) is 0 Å². The Kier molecular flexibility index (Phi) is 4.68. The molecule has 5 nitrogen and oxygen atoms in total. The highest BCUT2D eigenvalue weighted by Crippen LogP contribution is 2.26. The first kappa shape index (κ1) is 16.3. The van der Waals surface area contributed by atoms with Gasteiger partial charge >= 0.3 is 5.97 Å². The molecule has 2 rings (SSSR count). The number of nitrogens with zero attached hydrogens (tertiary/aromatic N) is 2. The van der Waals surface area contributed by atoms with Gasteiger partial charge in [-0.15, -0.1) is 0 Å².